The predicted molar refractivity (Wildman–Crippen MR) is 128 cm³/mol. The number of rotatable bonds is 4. The number of nitrogens with one attached hydrogen (secondary N) is 2. The number of aromatic nitrogens is 2. The summed E-state index contributed by atoms with van der Waals surface area (Å²) >= 11 is 0. The summed E-state index contributed by atoms with van der Waals surface area (Å²) in [5, 5.41) is 22.7. The zero-order chi connectivity index (χ0) is 24.9. The van der Waals surface area contributed by atoms with Gasteiger partial charge in [0.2, 0.25) is 0 Å². The second-order valence-electron chi connectivity index (χ2n) is 8.62. The fourth-order valence-electron chi connectivity index (χ4n) is 4.53. The Hall–Kier alpha value is -4.20. The third-order valence-corrected chi connectivity index (χ3v) is 6.20. The van der Waals surface area contributed by atoms with Crippen LogP contribution >= 0.6 is 0 Å². The van der Waals surface area contributed by atoms with E-state index in [9.17, 15) is 24.6 Å². The quantitative estimate of drug-likeness (QED) is 0.496. The summed E-state index contributed by atoms with van der Waals surface area (Å²) in [6, 6.07) is 16.1. The lowest BCUT2D eigenvalue weighted by atomic mass is 9.74. The molecule has 35 heavy (non-hydrogen) atoms. The zero-order valence-electron chi connectivity index (χ0n) is 19.2. The summed E-state index contributed by atoms with van der Waals surface area (Å²) in [5.74, 6) is -2.53. The number of ketones is 3. The number of hydrogen-bond donors (Lipinski definition) is 3. The number of para-hydroxylation sites is 2. The lowest BCUT2D eigenvalue weighted by molar-refractivity contribution is -0.325. The van der Waals surface area contributed by atoms with Crippen LogP contribution in [0.5, 0.6) is 0 Å². The van der Waals surface area contributed by atoms with Crippen LogP contribution in [-0.4, -0.2) is 27.4 Å². The maximum atomic E-state index is 13.1. The number of imidazole rings is 1. The van der Waals surface area contributed by atoms with Gasteiger partial charge in [-0.15, -0.1) is 5.76 Å². The molecular formula is C27H27N3O5. The summed E-state index contributed by atoms with van der Waals surface area (Å²) in [6.45, 7) is 0. The Balaban J connectivity index is 0.000000239. The van der Waals surface area contributed by atoms with Crippen molar-refractivity contribution >= 4 is 34.3 Å². The number of carbonyl (C=O) groups excluding carboxylic acids is 3. The molecule has 8 nitrogen and oxygen atoms in total. The van der Waals surface area contributed by atoms with Crippen LogP contribution < -0.4 is 15.8 Å². The van der Waals surface area contributed by atoms with Gasteiger partial charge in [-0.2, -0.15) is 0 Å². The van der Waals surface area contributed by atoms with Crippen LogP contribution in [0.3, 0.4) is 0 Å². The second kappa shape index (κ2) is 10.4. The average Bonchev–Trinajstić information content (AvgIpc) is 3.23. The molecule has 5 N–H and O–H groups in total. The van der Waals surface area contributed by atoms with Crippen molar-refractivity contribution in [3.8, 4) is 0 Å². The van der Waals surface area contributed by atoms with Crippen molar-refractivity contribution < 1.29 is 29.6 Å². The molecule has 2 aliphatic carbocycles. The molecule has 0 fully saturated rings. The van der Waals surface area contributed by atoms with Crippen molar-refractivity contribution in [2.24, 2.45) is 5.92 Å². The molecule has 1 heterocycles. The Morgan fingerprint density at radius 3 is 2.20 bits per heavy atom. The fourth-order valence-corrected chi connectivity index (χ4v) is 4.53. The number of hydrogen-bond acceptors (Lipinski definition) is 6. The van der Waals surface area contributed by atoms with Crippen molar-refractivity contribution in [2.45, 2.75) is 38.5 Å². The van der Waals surface area contributed by atoms with Gasteiger partial charge < -0.3 is 10.2 Å². The largest absolute Gasteiger partial charge is 0.875 e. The summed E-state index contributed by atoms with van der Waals surface area (Å²) in [7, 11) is 0. The van der Waals surface area contributed by atoms with E-state index >= 15 is 0 Å². The molecule has 2 aliphatic rings. The van der Waals surface area contributed by atoms with Gasteiger partial charge in [-0.25, -0.2) is 9.97 Å². The summed E-state index contributed by atoms with van der Waals surface area (Å²) in [5.41, 5.74) is 7.66. The van der Waals surface area contributed by atoms with Crippen molar-refractivity contribution in [3.05, 3.63) is 82.8 Å². The first-order chi connectivity index (χ1) is 16.9. The van der Waals surface area contributed by atoms with E-state index in [-0.39, 0.29) is 48.4 Å². The predicted octanol–water partition coefficient (Wildman–Crippen LogP) is 2.98. The number of nitrogens with two attached hydrogens (primary N) is 1. The molecule has 2 aromatic carbocycles. The molecular weight excluding hydrogens is 446 g/mol. The average molecular weight is 474 g/mol. The molecule has 0 bridgehead atoms. The van der Waals surface area contributed by atoms with Crippen LogP contribution in [0.4, 0.5) is 5.95 Å². The second-order valence-corrected chi connectivity index (χ2v) is 8.62. The van der Waals surface area contributed by atoms with Crippen LogP contribution in [0.15, 0.2) is 77.3 Å². The monoisotopic (exact) mass is 473 g/mol. The minimum Gasteiger partial charge on any atom is -0.875 e. The smallest absolute Gasteiger partial charge is 0.351 e. The first-order valence-corrected chi connectivity index (χ1v) is 11.6. The topological polar surface area (TPSA) is 150 Å². The first-order valence-electron chi connectivity index (χ1n) is 11.6. The van der Waals surface area contributed by atoms with E-state index in [2.05, 4.69) is 9.97 Å². The van der Waals surface area contributed by atoms with E-state index in [0.717, 1.165) is 11.0 Å². The first kappa shape index (κ1) is 23.9. The highest BCUT2D eigenvalue weighted by atomic mass is 16.3. The Kier molecular flexibility index (Phi) is 7.10. The SMILES string of the molecule is Nc1[nH]c2ccccc2[nH+]1.O=C1CCCC([O-])=C1C(C(=O)c1ccccc1)C1=C(O)CCCC1=O. The van der Waals surface area contributed by atoms with Gasteiger partial charge in [0.1, 0.15) is 16.8 Å². The molecule has 8 heteroatoms. The van der Waals surface area contributed by atoms with E-state index in [4.69, 9.17) is 5.73 Å². The number of aliphatic hydroxyl groups excluding tert-OH is 1. The molecule has 1 unspecified atom stereocenters. The number of aromatic amines is 2. The van der Waals surface area contributed by atoms with Gasteiger partial charge in [-0.3, -0.25) is 20.1 Å². The van der Waals surface area contributed by atoms with Crippen molar-refractivity contribution in [1.82, 2.24) is 4.98 Å². The summed E-state index contributed by atoms with van der Waals surface area (Å²) < 4.78 is 0. The maximum absolute atomic E-state index is 13.1. The Labute approximate surface area is 202 Å². The normalized spacial score (nSPS) is 17.3. The van der Waals surface area contributed by atoms with Gasteiger partial charge >= 0.3 is 5.95 Å². The number of carbonyl (C=O) groups is 3. The summed E-state index contributed by atoms with van der Waals surface area (Å²) in [6.07, 6.45) is 1.79. The lowest BCUT2D eigenvalue weighted by Gasteiger charge is -2.31. The van der Waals surface area contributed by atoms with Crippen LogP contribution in [0.25, 0.3) is 11.0 Å². The highest BCUT2D eigenvalue weighted by molar-refractivity contribution is 6.15. The van der Waals surface area contributed by atoms with Gasteiger partial charge in [0, 0.05) is 30.4 Å². The van der Waals surface area contributed by atoms with Crippen molar-refractivity contribution in [1.29, 1.82) is 0 Å². The van der Waals surface area contributed by atoms with Crippen molar-refractivity contribution in [3.63, 3.8) is 0 Å². The highest BCUT2D eigenvalue weighted by Crippen LogP contribution is 2.36. The minimum absolute atomic E-state index is 0.0706. The van der Waals surface area contributed by atoms with E-state index in [1.54, 1.807) is 30.3 Å². The number of allylic oxidation sites excluding steroid dienone is 4. The molecule has 1 atom stereocenters. The third kappa shape index (κ3) is 5.16. The zero-order valence-corrected chi connectivity index (χ0v) is 19.2. The lowest BCUT2D eigenvalue weighted by Crippen LogP contribution is -2.34. The van der Waals surface area contributed by atoms with E-state index in [1.165, 1.54) is 0 Å². The van der Waals surface area contributed by atoms with Gasteiger partial charge in [0.05, 0.1) is 5.92 Å². The molecule has 0 aliphatic heterocycles. The molecule has 180 valence electrons. The van der Waals surface area contributed by atoms with E-state index < -0.39 is 23.2 Å². The van der Waals surface area contributed by atoms with E-state index in [0.29, 0.717) is 24.4 Å². The van der Waals surface area contributed by atoms with Gasteiger partial charge in [0.25, 0.3) is 0 Å². The number of Topliss-reactive ketones (excluding diaryl/α,β-unsaturated/α-hetero) is 3. The summed E-state index contributed by atoms with van der Waals surface area (Å²) in [4.78, 5) is 43.9. The van der Waals surface area contributed by atoms with Crippen LogP contribution in [-0.2, 0) is 9.59 Å². The number of anilines is 1. The van der Waals surface area contributed by atoms with Gasteiger partial charge in [-0.05, 0) is 37.0 Å². The number of benzene rings is 2. The number of fused-ring (bicyclic) bond motifs is 1. The Morgan fingerprint density at radius 2 is 1.54 bits per heavy atom. The Morgan fingerprint density at radius 1 is 0.914 bits per heavy atom. The van der Waals surface area contributed by atoms with Crippen molar-refractivity contribution in [2.75, 3.05) is 5.73 Å². The number of nitrogen functional groups attached to an aromatic ring is 1. The maximum Gasteiger partial charge on any atom is 0.351 e. The fraction of sp³-hybridized carbons (Fsp3) is 0.259. The van der Waals surface area contributed by atoms with Gasteiger partial charge in [0.15, 0.2) is 17.3 Å². The number of H-pyrrole nitrogens is 2. The molecule has 0 radical (unpaired) electrons. The third-order valence-electron chi connectivity index (χ3n) is 6.20. The molecule has 3 aromatic rings. The Bertz CT molecular complexity index is 1260. The van der Waals surface area contributed by atoms with Gasteiger partial charge in [-0.1, -0.05) is 42.5 Å². The molecule has 1 aromatic heterocycles. The van der Waals surface area contributed by atoms with E-state index in [1.807, 2.05) is 24.3 Å². The highest BCUT2D eigenvalue weighted by Gasteiger charge is 2.38. The van der Waals surface area contributed by atoms with Crippen LogP contribution in [0.1, 0.15) is 48.9 Å². The number of aliphatic hydroxyl groups is 1. The van der Waals surface area contributed by atoms with Crippen LogP contribution in [0.2, 0.25) is 0 Å². The molecule has 0 saturated heterocycles. The molecule has 0 amide bonds. The molecule has 5 rings (SSSR count). The molecule has 0 spiro atoms. The standard InChI is InChI=1S/C20H20O5.C7H7N3/c21-13-8-4-9-14(22)17(13)19(18-15(23)10-5-11-16(18)24)20(25)12-6-2-1-3-7-12;8-7-9-5-3-1-2-4-6(5)10-7/h1-3,6-7,19,21,23H,4-5,8-11H2;1-4H,(H3,8,9,10). The molecule has 0 saturated carbocycles. The minimum atomic E-state index is -1.30. The van der Waals surface area contributed by atoms with Crippen LogP contribution in [0, 0.1) is 5.92 Å².